The maximum absolute atomic E-state index is 12.7. The number of benzene rings is 1. The summed E-state index contributed by atoms with van der Waals surface area (Å²) in [5.41, 5.74) is 1.41. The Morgan fingerprint density at radius 1 is 1.30 bits per heavy atom. The molecule has 1 aromatic carbocycles. The van der Waals surface area contributed by atoms with Crippen LogP contribution in [0.2, 0.25) is 5.02 Å². The molecule has 0 aliphatic carbocycles. The minimum atomic E-state index is -0.493. The number of hydrogen-bond donors (Lipinski definition) is 3. The van der Waals surface area contributed by atoms with Crippen LogP contribution >= 0.6 is 11.6 Å². The van der Waals surface area contributed by atoms with Crippen molar-refractivity contribution >= 4 is 40.1 Å². The van der Waals surface area contributed by atoms with E-state index in [1.165, 1.54) is 11.3 Å². The highest BCUT2D eigenvalue weighted by atomic mass is 35.5. The van der Waals surface area contributed by atoms with E-state index >= 15 is 0 Å². The lowest BCUT2D eigenvalue weighted by atomic mass is 9.92. The second-order valence-corrected chi connectivity index (χ2v) is 8.05. The van der Waals surface area contributed by atoms with Crippen molar-refractivity contribution in [3.63, 3.8) is 0 Å². The Morgan fingerprint density at radius 3 is 2.67 bits per heavy atom. The number of anilines is 1. The number of nitrogens with one attached hydrogen (secondary N) is 3. The molecule has 0 radical (unpaired) electrons. The van der Waals surface area contributed by atoms with E-state index in [0.717, 1.165) is 18.6 Å². The number of carbonyl (C=O) groups is 2. The predicted octanol–water partition coefficient (Wildman–Crippen LogP) is 2.50. The van der Waals surface area contributed by atoms with Crippen molar-refractivity contribution in [2.24, 2.45) is 11.8 Å². The molecule has 0 spiro atoms. The molecule has 1 saturated heterocycles. The summed E-state index contributed by atoms with van der Waals surface area (Å²) in [4.78, 5) is 29.4. The Morgan fingerprint density at radius 2 is 2.00 bits per heavy atom. The molecule has 0 saturated carbocycles. The molecule has 0 bridgehead atoms. The van der Waals surface area contributed by atoms with Crippen LogP contribution in [0.5, 0.6) is 0 Å². The Balaban J connectivity index is 1.83. The molecular formula is C20H27ClN3O3+. The normalized spacial score (nSPS) is 22.6. The molecule has 3 N–H and O–H groups in total. The SMILES string of the molecule is CCOC(=O)c1[nH]c2ccc(Cl)cc2c1NC(=O)C[NH+]1C[C@H](C)C[C@H](C)C1. The van der Waals surface area contributed by atoms with E-state index < -0.39 is 5.97 Å². The second kappa shape index (κ2) is 8.31. The van der Waals surface area contributed by atoms with E-state index in [4.69, 9.17) is 16.3 Å². The zero-order valence-electron chi connectivity index (χ0n) is 16.0. The number of fused-ring (bicyclic) bond motifs is 1. The van der Waals surface area contributed by atoms with Crippen molar-refractivity contribution in [3.05, 3.63) is 28.9 Å². The monoisotopic (exact) mass is 392 g/mol. The average Bonchev–Trinajstić information content (AvgIpc) is 2.92. The van der Waals surface area contributed by atoms with Gasteiger partial charge in [-0.2, -0.15) is 0 Å². The lowest BCUT2D eigenvalue weighted by Crippen LogP contribution is -3.15. The number of carbonyl (C=O) groups excluding carboxylic acids is 2. The highest BCUT2D eigenvalue weighted by Gasteiger charge is 2.28. The number of quaternary nitrogens is 1. The summed E-state index contributed by atoms with van der Waals surface area (Å²) in [6.45, 7) is 8.82. The first-order valence-corrected chi connectivity index (χ1v) is 9.87. The van der Waals surface area contributed by atoms with Gasteiger partial charge in [-0.25, -0.2) is 4.79 Å². The van der Waals surface area contributed by atoms with Crippen LogP contribution in [0, 0.1) is 11.8 Å². The van der Waals surface area contributed by atoms with Gasteiger partial charge < -0.3 is 19.9 Å². The number of halogens is 1. The third kappa shape index (κ3) is 4.62. The maximum atomic E-state index is 12.7. The standard InChI is InChI=1S/C20H26ClN3O3/c1-4-27-20(26)19-18(15-8-14(21)5-6-16(15)22-19)23-17(25)11-24-9-12(2)7-13(3)10-24/h5-6,8,12-13,22H,4,7,9-11H2,1-3H3,(H,23,25)/p+1/t12-,13+. The highest BCUT2D eigenvalue weighted by molar-refractivity contribution is 6.31. The lowest BCUT2D eigenvalue weighted by molar-refractivity contribution is -0.904. The number of rotatable bonds is 5. The predicted molar refractivity (Wildman–Crippen MR) is 106 cm³/mol. The van der Waals surface area contributed by atoms with Crippen molar-refractivity contribution < 1.29 is 19.2 Å². The summed E-state index contributed by atoms with van der Waals surface area (Å²) in [5.74, 6) is 0.613. The van der Waals surface area contributed by atoms with Crippen LogP contribution in [-0.2, 0) is 9.53 Å². The first-order valence-electron chi connectivity index (χ1n) is 9.49. The van der Waals surface area contributed by atoms with Crippen LogP contribution in [-0.4, -0.2) is 43.1 Å². The van der Waals surface area contributed by atoms with Crippen molar-refractivity contribution in [2.45, 2.75) is 27.2 Å². The summed E-state index contributed by atoms with van der Waals surface area (Å²) in [6.07, 6.45) is 1.21. The van der Waals surface area contributed by atoms with E-state index in [0.29, 0.717) is 34.5 Å². The van der Waals surface area contributed by atoms with E-state index in [-0.39, 0.29) is 18.2 Å². The van der Waals surface area contributed by atoms with Gasteiger partial charge in [-0.15, -0.1) is 0 Å². The molecule has 1 aliphatic rings. The third-order valence-electron chi connectivity index (χ3n) is 4.99. The number of aromatic amines is 1. The number of aromatic nitrogens is 1. The average molecular weight is 393 g/mol. The number of amides is 1. The van der Waals surface area contributed by atoms with Crippen molar-refractivity contribution in [3.8, 4) is 0 Å². The number of hydrogen-bond acceptors (Lipinski definition) is 3. The maximum Gasteiger partial charge on any atom is 0.356 e. The molecule has 3 rings (SSSR count). The minimum absolute atomic E-state index is 0.113. The number of likely N-dealkylation sites (tertiary alicyclic amines) is 1. The van der Waals surface area contributed by atoms with E-state index in [1.54, 1.807) is 25.1 Å². The molecule has 2 aromatic rings. The fourth-order valence-electron chi connectivity index (χ4n) is 4.13. The molecule has 3 atom stereocenters. The number of piperidine rings is 1. The fourth-order valence-corrected chi connectivity index (χ4v) is 4.30. The van der Waals surface area contributed by atoms with Gasteiger partial charge in [0.15, 0.2) is 6.54 Å². The molecule has 146 valence electrons. The zero-order valence-corrected chi connectivity index (χ0v) is 16.8. The highest BCUT2D eigenvalue weighted by Crippen LogP contribution is 2.30. The molecule has 1 aliphatic heterocycles. The topological polar surface area (TPSA) is 75.6 Å². The zero-order chi connectivity index (χ0) is 19.6. The number of ether oxygens (including phenoxy) is 1. The molecule has 1 fully saturated rings. The largest absolute Gasteiger partial charge is 0.461 e. The summed E-state index contributed by atoms with van der Waals surface area (Å²) >= 11 is 6.12. The number of H-pyrrole nitrogens is 1. The van der Waals surface area contributed by atoms with E-state index in [1.807, 2.05) is 0 Å². The Kier molecular flexibility index (Phi) is 6.07. The van der Waals surface area contributed by atoms with Gasteiger partial charge >= 0.3 is 5.97 Å². The van der Waals surface area contributed by atoms with Crippen LogP contribution < -0.4 is 10.2 Å². The second-order valence-electron chi connectivity index (χ2n) is 7.61. The number of esters is 1. The summed E-state index contributed by atoms with van der Waals surface area (Å²) in [6, 6.07) is 5.26. The molecule has 1 aromatic heterocycles. The molecule has 6 nitrogen and oxygen atoms in total. The minimum Gasteiger partial charge on any atom is -0.461 e. The van der Waals surface area contributed by atoms with Crippen molar-refractivity contribution in [1.29, 1.82) is 0 Å². The first kappa shape index (κ1) is 19.7. The molecular weight excluding hydrogens is 366 g/mol. The van der Waals surface area contributed by atoms with E-state index in [2.05, 4.69) is 24.1 Å². The molecule has 1 unspecified atom stereocenters. The summed E-state index contributed by atoms with van der Waals surface area (Å²) < 4.78 is 5.13. The fraction of sp³-hybridized carbons (Fsp3) is 0.500. The smallest absolute Gasteiger partial charge is 0.356 e. The van der Waals surface area contributed by atoms with Crippen LogP contribution in [0.4, 0.5) is 5.69 Å². The van der Waals surface area contributed by atoms with Gasteiger partial charge in [0, 0.05) is 27.8 Å². The van der Waals surface area contributed by atoms with Crippen LogP contribution in [0.3, 0.4) is 0 Å². The Labute approximate surface area is 164 Å². The molecule has 1 amide bonds. The van der Waals surface area contributed by atoms with Crippen molar-refractivity contribution in [2.75, 3.05) is 31.6 Å². The van der Waals surface area contributed by atoms with Gasteiger partial charge in [0.05, 0.1) is 25.4 Å². The van der Waals surface area contributed by atoms with Gasteiger partial charge in [0.1, 0.15) is 5.69 Å². The third-order valence-corrected chi connectivity index (χ3v) is 5.23. The quantitative estimate of drug-likeness (QED) is 0.684. The van der Waals surface area contributed by atoms with Gasteiger partial charge in [0.2, 0.25) is 0 Å². The van der Waals surface area contributed by atoms with Crippen LogP contribution in [0.25, 0.3) is 10.9 Å². The van der Waals surface area contributed by atoms with Crippen LogP contribution in [0.1, 0.15) is 37.7 Å². The van der Waals surface area contributed by atoms with Crippen LogP contribution in [0.15, 0.2) is 18.2 Å². The van der Waals surface area contributed by atoms with E-state index in [9.17, 15) is 9.59 Å². The molecule has 2 heterocycles. The van der Waals surface area contributed by atoms with Gasteiger partial charge in [-0.3, -0.25) is 4.79 Å². The van der Waals surface area contributed by atoms with Crippen molar-refractivity contribution in [1.82, 2.24) is 4.98 Å². The van der Waals surface area contributed by atoms with Gasteiger partial charge in [-0.05, 0) is 31.5 Å². The molecule has 27 heavy (non-hydrogen) atoms. The Hall–Kier alpha value is -2.05. The molecule has 7 heteroatoms. The summed E-state index contributed by atoms with van der Waals surface area (Å²) in [5, 5.41) is 4.17. The first-order chi connectivity index (χ1) is 12.9. The Bertz CT molecular complexity index is 838. The lowest BCUT2D eigenvalue weighted by Gasteiger charge is -2.31. The summed E-state index contributed by atoms with van der Waals surface area (Å²) in [7, 11) is 0. The van der Waals surface area contributed by atoms with Gasteiger partial charge in [0.25, 0.3) is 5.91 Å². The van der Waals surface area contributed by atoms with Gasteiger partial charge in [-0.1, -0.05) is 25.4 Å².